The highest BCUT2D eigenvalue weighted by molar-refractivity contribution is 5.94. The molecule has 28 heavy (non-hydrogen) atoms. The molecule has 1 atom stereocenters. The van der Waals surface area contributed by atoms with Crippen LogP contribution >= 0.6 is 0 Å². The lowest BCUT2D eigenvalue weighted by Crippen LogP contribution is -2.51. The largest absolute Gasteiger partial charge is 0.367 e. The van der Waals surface area contributed by atoms with Crippen LogP contribution in [-0.2, 0) is 10.3 Å². The van der Waals surface area contributed by atoms with Gasteiger partial charge < -0.3 is 9.64 Å². The van der Waals surface area contributed by atoms with Crippen molar-refractivity contribution in [3.05, 3.63) is 108 Å². The van der Waals surface area contributed by atoms with Gasteiger partial charge in [0.1, 0.15) is 5.60 Å². The maximum atomic E-state index is 13.4. The summed E-state index contributed by atoms with van der Waals surface area (Å²) in [6, 6.07) is 30.0. The zero-order valence-corrected chi connectivity index (χ0v) is 16.1. The quantitative estimate of drug-likeness (QED) is 0.640. The van der Waals surface area contributed by atoms with Crippen LogP contribution in [0.4, 0.5) is 0 Å². The first-order chi connectivity index (χ1) is 13.8. The van der Waals surface area contributed by atoms with Crippen molar-refractivity contribution in [1.82, 2.24) is 4.90 Å². The molecule has 0 aliphatic carbocycles. The number of methoxy groups -OCH3 is 1. The number of benzene rings is 3. The molecule has 1 saturated heterocycles. The molecule has 3 heteroatoms. The highest BCUT2D eigenvalue weighted by Gasteiger charge is 2.48. The van der Waals surface area contributed by atoms with Crippen molar-refractivity contribution in [3.8, 4) is 0 Å². The molecule has 1 amide bonds. The standard InChI is InChI=1S/C25H25NO2/c1-28-25(21-14-7-3-8-15-21,22-16-9-4-10-17-22)23-18-11-19-26(23)24(27)20-12-5-2-6-13-20/h2-10,12-17,23H,11,18-19H2,1H3/t23-/m0/s1. The molecular weight excluding hydrogens is 346 g/mol. The van der Waals surface area contributed by atoms with E-state index in [-0.39, 0.29) is 11.9 Å². The van der Waals surface area contributed by atoms with Gasteiger partial charge in [-0.05, 0) is 36.1 Å². The monoisotopic (exact) mass is 371 g/mol. The summed E-state index contributed by atoms with van der Waals surface area (Å²) in [6.07, 6.45) is 1.87. The number of hydrogen-bond donors (Lipinski definition) is 0. The van der Waals surface area contributed by atoms with Crippen LogP contribution in [0, 0.1) is 0 Å². The fourth-order valence-corrected chi connectivity index (χ4v) is 4.47. The molecule has 3 aromatic carbocycles. The smallest absolute Gasteiger partial charge is 0.254 e. The Morgan fingerprint density at radius 3 is 1.86 bits per heavy atom. The molecule has 1 aliphatic heterocycles. The van der Waals surface area contributed by atoms with Gasteiger partial charge in [-0.2, -0.15) is 0 Å². The number of likely N-dealkylation sites (tertiary alicyclic amines) is 1. The van der Waals surface area contributed by atoms with Gasteiger partial charge in [0.05, 0.1) is 6.04 Å². The van der Waals surface area contributed by atoms with E-state index in [0.717, 1.165) is 36.1 Å². The normalized spacial score (nSPS) is 16.9. The molecule has 4 rings (SSSR count). The van der Waals surface area contributed by atoms with Gasteiger partial charge in [0.2, 0.25) is 0 Å². The van der Waals surface area contributed by atoms with E-state index in [1.807, 2.05) is 71.6 Å². The highest BCUT2D eigenvalue weighted by Crippen LogP contribution is 2.43. The van der Waals surface area contributed by atoms with Crippen LogP contribution in [0.3, 0.4) is 0 Å². The summed E-state index contributed by atoms with van der Waals surface area (Å²) in [5, 5.41) is 0. The third-order valence-electron chi connectivity index (χ3n) is 5.73. The molecule has 0 spiro atoms. The van der Waals surface area contributed by atoms with E-state index in [9.17, 15) is 4.79 Å². The molecule has 0 bridgehead atoms. The number of rotatable bonds is 5. The van der Waals surface area contributed by atoms with Crippen molar-refractivity contribution in [1.29, 1.82) is 0 Å². The molecule has 0 unspecified atom stereocenters. The highest BCUT2D eigenvalue weighted by atomic mass is 16.5. The van der Waals surface area contributed by atoms with E-state index in [1.165, 1.54) is 0 Å². The van der Waals surface area contributed by atoms with E-state index in [4.69, 9.17) is 4.74 Å². The Labute approximate surface area is 166 Å². The summed E-state index contributed by atoms with van der Waals surface area (Å²) in [4.78, 5) is 15.4. The summed E-state index contributed by atoms with van der Waals surface area (Å²) >= 11 is 0. The molecule has 142 valence electrons. The van der Waals surface area contributed by atoms with E-state index in [2.05, 4.69) is 24.3 Å². The van der Waals surface area contributed by atoms with Gasteiger partial charge >= 0.3 is 0 Å². The second kappa shape index (κ2) is 7.99. The molecule has 0 N–H and O–H groups in total. The van der Waals surface area contributed by atoms with Crippen molar-refractivity contribution < 1.29 is 9.53 Å². The van der Waals surface area contributed by atoms with Gasteiger partial charge in [-0.3, -0.25) is 4.79 Å². The molecule has 1 aliphatic rings. The Bertz CT molecular complexity index is 870. The van der Waals surface area contributed by atoms with Crippen molar-refractivity contribution in [2.45, 2.75) is 24.5 Å². The van der Waals surface area contributed by atoms with Crippen LogP contribution in [-0.4, -0.2) is 30.5 Å². The van der Waals surface area contributed by atoms with Gasteiger partial charge in [-0.1, -0.05) is 78.9 Å². The van der Waals surface area contributed by atoms with Gasteiger partial charge in [-0.25, -0.2) is 0 Å². The molecule has 0 saturated carbocycles. The molecule has 3 aromatic rings. The van der Waals surface area contributed by atoms with Gasteiger partial charge in [0, 0.05) is 19.2 Å². The number of amides is 1. The van der Waals surface area contributed by atoms with Crippen molar-refractivity contribution in [2.24, 2.45) is 0 Å². The topological polar surface area (TPSA) is 29.5 Å². The summed E-state index contributed by atoms with van der Waals surface area (Å²) in [6.45, 7) is 0.739. The zero-order chi connectivity index (χ0) is 19.4. The molecule has 1 heterocycles. The number of ether oxygens (including phenoxy) is 1. The number of carbonyl (C=O) groups excluding carboxylic acids is 1. The van der Waals surface area contributed by atoms with Crippen LogP contribution in [0.15, 0.2) is 91.0 Å². The first kappa shape index (κ1) is 18.5. The fraction of sp³-hybridized carbons (Fsp3) is 0.240. The van der Waals surface area contributed by atoms with Gasteiger partial charge in [0.25, 0.3) is 5.91 Å². The second-order valence-electron chi connectivity index (χ2n) is 7.19. The lowest BCUT2D eigenvalue weighted by atomic mass is 9.78. The van der Waals surface area contributed by atoms with Crippen LogP contribution in [0.25, 0.3) is 0 Å². The summed E-state index contributed by atoms with van der Waals surface area (Å²) in [7, 11) is 1.75. The lowest BCUT2D eigenvalue weighted by Gasteiger charge is -2.43. The van der Waals surface area contributed by atoms with E-state index >= 15 is 0 Å². The predicted molar refractivity (Wildman–Crippen MR) is 111 cm³/mol. The van der Waals surface area contributed by atoms with E-state index in [0.29, 0.717) is 0 Å². The minimum Gasteiger partial charge on any atom is -0.367 e. The van der Waals surface area contributed by atoms with Gasteiger partial charge in [-0.15, -0.1) is 0 Å². The minimum absolute atomic E-state index is 0.0661. The Hall–Kier alpha value is -2.91. The Balaban J connectivity index is 1.83. The maximum absolute atomic E-state index is 13.4. The number of hydrogen-bond acceptors (Lipinski definition) is 2. The van der Waals surface area contributed by atoms with Crippen LogP contribution in [0.2, 0.25) is 0 Å². The molecule has 0 aromatic heterocycles. The predicted octanol–water partition coefficient (Wildman–Crippen LogP) is 4.88. The molecule has 0 radical (unpaired) electrons. The lowest BCUT2D eigenvalue weighted by molar-refractivity contribution is -0.0361. The fourth-order valence-electron chi connectivity index (χ4n) is 4.47. The van der Waals surface area contributed by atoms with E-state index < -0.39 is 5.60 Å². The summed E-state index contributed by atoms with van der Waals surface area (Å²) in [5.41, 5.74) is 2.16. The van der Waals surface area contributed by atoms with E-state index in [1.54, 1.807) is 7.11 Å². The van der Waals surface area contributed by atoms with Crippen molar-refractivity contribution in [2.75, 3.05) is 13.7 Å². The van der Waals surface area contributed by atoms with Crippen LogP contribution in [0.5, 0.6) is 0 Å². The average Bonchev–Trinajstić information content (AvgIpc) is 3.27. The third kappa shape index (κ3) is 3.12. The number of nitrogens with zero attached hydrogens (tertiary/aromatic N) is 1. The Kier molecular flexibility index (Phi) is 5.27. The SMILES string of the molecule is COC(c1ccccc1)(c1ccccc1)[C@@H]1CCCN1C(=O)c1ccccc1. The van der Waals surface area contributed by atoms with Crippen LogP contribution < -0.4 is 0 Å². The molecular formula is C25H25NO2. The zero-order valence-electron chi connectivity index (χ0n) is 16.1. The Morgan fingerprint density at radius 2 is 1.36 bits per heavy atom. The van der Waals surface area contributed by atoms with Crippen molar-refractivity contribution >= 4 is 5.91 Å². The van der Waals surface area contributed by atoms with Gasteiger partial charge in [0.15, 0.2) is 0 Å². The summed E-state index contributed by atoms with van der Waals surface area (Å²) < 4.78 is 6.32. The van der Waals surface area contributed by atoms with Crippen LogP contribution in [0.1, 0.15) is 34.3 Å². The third-order valence-corrected chi connectivity index (χ3v) is 5.73. The maximum Gasteiger partial charge on any atom is 0.254 e. The molecule has 3 nitrogen and oxygen atoms in total. The van der Waals surface area contributed by atoms with Crippen molar-refractivity contribution in [3.63, 3.8) is 0 Å². The average molecular weight is 371 g/mol. The Morgan fingerprint density at radius 1 is 0.857 bits per heavy atom. The second-order valence-corrected chi connectivity index (χ2v) is 7.19. The molecule has 1 fully saturated rings. The number of carbonyl (C=O) groups is 1. The first-order valence-electron chi connectivity index (χ1n) is 9.79. The first-order valence-corrected chi connectivity index (χ1v) is 9.79. The summed E-state index contributed by atoms with van der Waals surface area (Å²) in [5.74, 6) is 0.0661. The minimum atomic E-state index is -0.705.